The zero-order chi connectivity index (χ0) is 14.8. The number of carboxylic acids is 1. The van der Waals surface area contributed by atoms with Crippen LogP contribution in [0.2, 0.25) is 0 Å². The number of hydrogen-bond donors (Lipinski definition) is 3. The average Bonchev–Trinajstić information content (AvgIpc) is 2.34. The Balaban J connectivity index is 4.20. The summed E-state index contributed by atoms with van der Waals surface area (Å²) in [5, 5.41) is 14.5. The molecule has 0 bridgehead atoms. The molecule has 5 heteroatoms. The molecule has 0 rings (SSSR count). The summed E-state index contributed by atoms with van der Waals surface area (Å²) in [6, 6.07) is -0.474. The largest absolute Gasteiger partial charge is 0.481 e. The highest BCUT2D eigenvalue weighted by Gasteiger charge is 2.21. The van der Waals surface area contributed by atoms with Crippen molar-refractivity contribution in [3.63, 3.8) is 0 Å². The Morgan fingerprint density at radius 3 is 2.16 bits per heavy atom. The molecule has 0 aromatic rings. The number of nitrogens with one attached hydrogen (secondary N) is 2. The number of aliphatic carboxylic acids is 1. The van der Waals surface area contributed by atoms with Crippen molar-refractivity contribution in [1.82, 2.24) is 10.6 Å². The second-order valence-corrected chi connectivity index (χ2v) is 5.16. The van der Waals surface area contributed by atoms with Gasteiger partial charge >= 0.3 is 12.0 Å². The Labute approximate surface area is 116 Å². The van der Waals surface area contributed by atoms with Crippen LogP contribution in [-0.2, 0) is 4.79 Å². The Morgan fingerprint density at radius 1 is 1.05 bits per heavy atom. The quantitative estimate of drug-likeness (QED) is 0.604. The van der Waals surface area contributed by atoms with Crippen molar-refractivity contribution in [2.75, 3.05) is 0 Å². The monoisotopic (exact) mass is 272 g/mol. The first-order chi connectivity index (χ1) is 8.92. The molecular weight excluding hydrogens is 244 g/mol. The molecule has 2 amide bonds. The molecule has 0 saturated heterocycles. The van der Waals surface area contributed by atoms with Crippen LogP contribution in [-0.4, -0.2) is 29.2 Å². The van der Waals surface area contributed by atoms with Gasteiger partial charge in [-0.15, -0.1) is 0 Å². The lowest BCUT2D eigenvalue weighted by atomic mass is 10.0. The zero-order valence-electron chi connectivity index (χ0n) is 12.5. The van der Waals surface area contributed by atoms with Crippen LogP contribution in [0, 0.1) is 5.92 Å². The Morgan fingerprint density at radius 2 is 1.68 bits per heavy atom. The minimum absolute atomic E-state index is 0.178. The van der Waals surface area contributed by atoms with Gasteiger partial charge in [-0.1, -0.05) is 33.1 Å². The molecule has 0 radical (unpaired) electrons. The SMILES string of the molecule is CCCCC(CCC)NC(=O)NC(C)C(C)C(=O)O. The van der Waals surface area contributed by atoms with E-state index in [0.29, 0.717) is 0 Å². The van der Waals surface area contributed by atoms with Crippen LogP contribution in [0.4, 0.5) is 4.79 Å². The maximum absolute atomic E-state index is 11.8. The molecule has 0 aromatic heterocycles. The van der Waals surface area contributed by atoms with Crippen LogP contribution in [0.5, 0.6) is 0 Å². The summed E-state index contributed by atoms with van der Waals surface area (Å²) in [7, 11) is 0. The molecule has 19 heavy (non-hydrogen) atoms. The lowest BCUT2D eigenvalue weighted by Gasteiger charge is -2.22. The topological polar surface area (TPSA) is 78.4 Å². The van der Waals surface area contributed by atoms with E-state index in [1.807, 2.05) is 0 Å². The van der Waals surface area contributed by atoms with Crippen LogP contribution in [0.25, 0.3) is 0 Å². The summed E-state index contributed by atoms with van der Waals surface area (Å²) in [5.41, 5.74) is 0. The lowest BCUT2D eigenvalue weighted by molar-refractivity contribution is -0.141. The van der Waals surface area contributed by atoms with E-state index in [1.165, 1.54) is 0 Å². The first-order valence-corrected chi connectivity index (χ1v) is 7.22. The molecule has 0 saturated carbocycles. The van der Waals surface area contributed by atoms with Gasteiger partial charge in [0, 0.05) is 12.1 Å². The van der Waals surface area contributed by atoms with Gasteiger partial charge in [0.05, 0.1) is 5.92 Å². The fraction of sp³-hybridized carbons (Fsp3) is 0.857. The summed E-state index contributed by atoms with van der Waals surface area (Å²) in [6.07, 6.45) is 5.15. The molecular formula is C14H28N2O3. The lowest BCUT2D eigenvalue weighted by Crippen LogP contribution is -2.48. The first kappa shape index (κ1) is 17.7. The van der Waals surface area contributed by atoms with Crippen molar-refractivity contribution in [2.45, 2.75) is 71.9 Å². The molecule has 5 nitrogen and oxygen atoms in total. The fourth-order valence-corrected chi connectivity index (χ4v) is 1.86. The van der Waals surface area contributed by atoms with Crippen LogP contribution >= 0.6 is 0 Å². The van der Waals surface area contributed by atoms with Gasteiger partial charge in [0.25, 0.3) is 0 Å². The second-order valence-electron chi connectivity index (χ2n) is 5.16. The number of carboxylic acid groups (broad SMARTS) is 1. The Kier molecular flexibility index (Phi) is 9.00. The van der Waals surface area contributed by atoms with Crippen LogP contribution in [0.3, 0.4) is 0 Å². The van der Waals surface area contributed by atoms with Gasteiger partial charge < -0.3 is 15.7 Å². The molecule has 3 N–H and O–H groups in total. The minimum Gasteiger partial charge on any atom is -0.481 e. The van der Waals surface area contributed by atoms with Gasteiger partial charge in [-0.05, 0) is 26.7 Å². The molecule has 3 unspecified atom stereocenters. The number of hydrogen-bond acceptors (Lipinski definition) is 2. The number of urea groups is 1. The predicted molar refractivity (Wildman–Crippen MR) is 76.2 cm³/mol. The van der Waals surface area contributed by atoms with Crippen molar-refractivity contribution in [2.24, 2.45) is 5.92 Å². The number of unbranched alkanes of at least 4 members (excludes halogenated alkanes) is 1. The highest BCUT2D eigenvalue weighted by molar-refractivity contribution is 5.76. The van der Waals surface area contributed by atoms with Crippen LogP contribution in [0.1, 0.15) is 59.8 Å². The van der Waals surface area contributed by atoms with Gasteiger partial charge in [-0.2, -0.15) is 0 Å². The number of carbonyl (C=O) groups is 2. The third-order valence-electron chi connectivity index (χ3n) is 3.38. The Bertz CT molecular complexity index is 282. The molecule has 0 fully saturated rings. The van der Waals surface area contributed by atoms with E-state index in [-0.39, 0.29) is 18.1 Å². The molecule has 0 aliphatic heterocycles. The van der Waals surface area contributed by atoms with E-state index in [4.69, 9.17) is 5.11 Å². The number of amides is 2. The third-order valence-corrected chi connectivity index (χ3v) is 3.38. The fourth-order valence-electron chi connectivity index (χ4n) is 1.86. The van der Waals surface area contributed by atoms with Crippen molar-refractivity contribution >= 4 is 12.0 Å². The standard InChI is InChI=1S/C14H28N2O3/c1-5-7-9-12(8-6-2)16-14(19)15-11(4)10(3)13(17)18/h10-12H,5-9H2,1-4H3,(H,17,18)(H2,15,16,19). The summed E-state index contributed by atoms with van der Waals surface area (Å²) in [6.45, 7) is 7.51. The van der Waals surface area contributed by atoms with Gasteiger partial charge in [-0.25, -0.2) is 4.79 Å². The van der Waals surface area contributed by atoms with Crippen LogP contribution < -0.4 is 10.6 Å². The summed E-state index contributed by atoms with van der Waals surface area (Å²) in [5.74, 6) is -1.49. The molecule has 0 aliphatic carbocycles. The normalized spacial score (nSPS) is 15.4. The smallest absolute Gasteiger partial charge is 0.315 e. The summed E-state index contributed by atoms with van der Waals surface area (Å²) < 4.78 is 0. The molecule has 112 valence electrons. The molecule has 0 spiro atoms. The number of carbonyl (C=O) groups excluding carboxylic acids is 1. The summed E-state index contributed by atoms with van der Waals surface area (Å²) >= 11 is 0. The predicted octanol–water partition coefficient (Wildman–Crippen LogP) is 2.75. The molecule has 0 heterocycles. The van der Waals surface area contributed by atoms with E-state index in [9.17, 15) is 9.59 Å². The Hall–Kier alpha value is -1.26. The highest BCUT2D eigenvalue weighted by atomic mass is 16.4. The maximum atomic E-state index is 11.8. The maximum Gasteiger partial charge on any atom is 0.315 e. The third kappa shape index (κ3) is 7.70. The van der Waals surface area contributed by atoms with Gasteiger partial charge in [0.15, 0.2) is 0 Å². The van der Waals surface area contributed by atoms with Crippen molar-refractivity contribution < 1.29 is 14.7 Å². The van der Waals surface area contributed by atoms with E-state index < -0.39 is 11.9 Å². The van der Waals surface area contributed by atoms with Gasteiger partial charge in [-0.3, -0.25) is 4.79 Å². The molecule has 0 aliphatic rings. The molecule has 3 atom stereocenters. The van der Waals surface area contributed by atoms with E-state index in [0.717, 1.165) is 32.1 Å². The van der Waals surface area contributed by atoms with Crippen molar-refractivity contribution in [3.05, 3.63) is 0 Å². The van der Waals surface area contributed by atoms with E-state index in [1.54, 1.807) is 13.8 Å². The van der Waals surface area contributed by atoms with Gasteiger partial charge in [0.1, 0.15) is 0 Å². The first-order valence-electron chi connectivity index (χ1n) is 7.22. The minimum atomic E-state index is -0.899. The van der Waals surface area contributed by atoms with Crippen LogP contribution in [0.15, 0.2) is 0 Å². The summed E-state index contributed by atoms with van der Waals surface area (Å²) in [4.78, 5) is 22.6. The molecule has 0 aromatic carbocycles. The highest BCUT2D eigenvalue weighted by Crippen LogP contribution is 2.07. The van der Waals surface area contributed by atoms with Crippen molar-refractivity contribution in [3.8, 4) is 0 Å². The van der Waals surface area contributed by atoms with E-state index >= 15 is 0 Å². The van der Waals surface area contributed by atoms with Crippen molar-refractivity contribution in [1.29, 1.82) is 0 Å². The van der Waals surface area contributed by atoms with Gasteiger partial charge in [0.2, 0.25) is 0 Å². The van der Waals surface area contributed by atoms with E-state index in [2.05, 4.69) is 24.5 Å². The second kappa shape index (κ2) is 9.64. The number of rotatable bonds is 9. The zero-order valence-corrected chi connectivity index (χ0v) is 12.5. The average molecular weight is 272 g/mol.